The SMILES string of the molecule is CCNC(=NCc1nc2ccccc2n1C)NCCC1=CCCCC1.I. The quantitative estimate of drug-likeness (QED) is 0.291. The van der Waals surface area contributed by atoms with Crippen molar-refractivity contribution in [1.82, 2.24) is 20.2 Å². The van der Waals surface area contributed by atoms with Crippen LogP contribution in [-0.2, 0) is 13.6 Å². The predicted molar refractivity (Wildman–Crippen MR) is 120 cm³/mol. The van der Waals surface area contributed by atoms with Gasteiger partial charge in [0.2, 0.25) is 0 Å². The van der Waals surface area contributed by atoms with E-state index in [9.17, 15) is 0 Å². The van der Waals surface area contributed by atoms with Crippen LogP contribution in [-0.4, -0.2) is 28.6 Å². The van der Waals surface area contributed by atoms with Crippen LogP contribution in [0.5, 0.6) is 0 Å². The van der Waals surface area contributed by atoms with Crippen LogP contribution in [0.2, 0.25) is 0 Å². The van der Waals surface area contributed by atoms with Crippen molar-refractivity contribution < 1.29 is 0 Å². The summed E-state index contributed by atoms with van der Waals surface area (Å²) < 4.78 is 2.12. The van der Waals surface area contributed by atoms with E-state index >= 15 is 0 Å². The van der Waals surface area contributed by atoms with Crippen molar-refractivity contribution in [3.63, 3.8) is 0 Å². The molecule has 142 valence electrons. The van der Waals surface area contributed by atoms with Gasteiger partial charge in [0.05, 0.1) is 11.0 Å². The largest absolute Gasteiger partial charge is 0.357 e. The molecule has 0 aliphatic heterocycles. The van der Waals surface area contributed by atoms with Crippen LogP contribution in [0.1, 0.15) is 44.9 Å². The van der Waals surface area contributed by atoms with Crippen LogP contribution in [0.25, 0.3) is 11.0 Å². The average molecular weight is 467 g/mol. The molecule has 2 aromatic rings. The molecule has 5 nitrogen and oxygen atoms in total. The predicted octanol–water partition coefficient (Wildman–Crippen LogP) is 4.14. The number of para-hydroxylation sites is 2. The van der Waals surface area contributed by atoms with Crippen molar-refractivity contribution in [3.8, 4) is 0 Å². The highest BCUT2D eigenvalue weighted by atomic mass is 127. The summed E-state index contributed by atoms with van der Waals surface area (Å²) >= 11 is 0. The van der Waals surface area contributed by atoms with E-state index in [1.54, 1.807) is 5.57 Å². The van der Waals surface area contributed by atoms with Gasteiger partial charge in [-0.25, -0.2) is 9.98 Å². The first-order valence-corrected chi connectivity index (χ1v) is 9.38. The minimum atomic E-state index is 0. The van der Waals surface area contributed by atoms with Gasteiger partial charge >= 0.3 is 0 Å². The summed E-state index contributed by atoms with van der Waals surface area (Å²) in [6, 6.07) is 8.21. The molecule has 0 radical (unpaired) electrons. The average Bonchev–Trinajstić information content (AvgIpc) is 2.97. The van der Waals surface area contributed by atoms with E-state index in [2.05, 4.69) is 46.3 Å². The Kier molecular flexibility index (Phi) is 8.41. The Hall–Kier alpha value is -1.57. The summed E-state index contributed by atoms with van der Waals surface area (Å²) in [4.78, 5) is 9.40. The minimum absolute atomic E-state index is 0. The summed E-state index contributed by atoms with van der Waals surface area (Å²) in [6.45, 7) is 4.45. The normalized spacial score (nSPS) is 14.7. The van der Waals surface area contributed by atoms with Crippen molar-refractivity contribution in [3.05, 3.63) is 41.7 Å². The maximum Gasteiger partial charge on any atom is 0.191 e. The summed E-state index contributed by atoms with van der Waals surface area (Å²) in [5.74, 6) is 1.85. The number of imidazole rings is 1. The topological polar surface area (TPSA) is 54.2 Å². The number of rotatable bonds is 6. The molecule has 1 heterocycles. The molecule has 0 bridgehead atoms. The number of guanidine groups is 1. The minimum Gasteiger partial charge on any atom is -0.357 e. The molecule has 3 rings (SSSR count). The van der Waals surface area contributed by atoms with Gasteiger partial charge < -0.3 is 15.2 Å². The van der Waals surface area contributed by atoms with Crippen LogP contribution < -0.4 is 10.6 Å². The lowest BCUT2D eigenvalue weighted by atomic mass is 9.97. The van der Waals surface area contributed by atoms with E-state index in [0.717, 1.165) is 42.3 Å². The van der Waals surface area contributed by atoms with Crippen molar-refractivity contribution in [2.45, 2.75) is 45.6 Å². The third-order valence-electron chi connectivity index (χ3n) is 4.73. The molecule has 0 saturated carbocycles. The van der Waals surface area contributed by atoms with E-state index in [-0.39, 0.29) is 24.0 Å². The van der Waals surface area contributed by atoms with Gasteiger partial charge in [-0.05, 0) is 51.2 Å². The van der Waals surface area contributed by atoms with Gasteiger partial charge in [0.15, 0.2) is 5.96 Å². The summed E-state index contributed by atoms with van der Waals surface area (Å²) in [5.41, 5.74) is 3.76. The molecular weight excluding hydrogens is 437 g/mol. The molecule has 6 heteroatoms. The smallest absolute Gasteiger partial charge is 0.191 e. The zero-order valence-corrected chi connectivity index (χ0v) is 18.1. The van der Waals surface area contributed by atoms with Crippen molar-refractivity contribution in [2.24, 2.45) is 12.0 Å². The second kappa shape index (κ2) is 10.5. The van der Waals surface area contributed by atoms with Crippen LogP contribution in [0, 0.1) is 0 Å². The third kappa shape index (κ3) is 5.46. The Labute approximate surface area is 173 Å². The first-order chi connectivity index (χ1) is 12.3. The Morgan fingerprint density at radius 1 is 1.23 bits per heavy atom. The second-order valence-electron chi connectivity index (χ2n) is 6.56. The molecule has 0 spiro atoms. The van der Waals surface area contributed by atoms with Gasteiger partial charge in [0.1, 0.15) is 12.4 Å². The van der Waals surface area contributed by atoms with Crippen LogP contribution in [0.4, 0.5) is 0 Å². The number of nitrogens with zero attached hydrogens (tertiary/aromatic N) is 3. The molecule has 0 amide bonds. The Bertz CT molecular complexity index is 763. The molecule has 1 aromatic carbocycles. The van der Waals surface area contributed by atoms with Crippen molar-refractivity contribution >= 4 is 41.0 Å². The van der Waals surface area contributed by atoms with Crippen LogP contribution in [0.3, 0.4) is 0 Å². The monoisotopic (exact) mass is 467 g/mol. The summed E-state index contributed by atoms with van der Waals surface area (Å²) in [5, 5.41) is 6.78. The molecule has 0 atom stereocenters. The molecule has 1 aliphatic rings. The second-order valence-corrected chi connectivity index (χ2v) is 6.56. The Morgan fingerprint density at radius 2 is 2.08 bits per heavy atom. The number of aliphatic imine (C=N–C) groups is 1. The fraction of sp³-hybridized carbons (Fsp3) is 0.500. The van der Waals surface area contributed by atoms with Gasteiger partial charge in [0.25, 0.3) is 0 Å². The zero-order valence-electron chi connectivity index (χ0n) is 15.8. The van der Waals surface area contributed by atoms with Gasteiger partial charge in [-0.2, -0.15) is 0 Å². The highest BCUT2D eigenvalue weighted by Gasteiger charge is 2.07. The Morgan fingerprint density at radius 3 is 2.81 bits per heavy atom. The van der Waals surface area contributed by atoms with Gasteiger partial charge in [-0.1, -0.05) is 23.8 Å². The lowest BCUT2D eigenvalue weighted by Gasteiger charge is -2.15. The first kappa shape index (κ1) is 20.7. The van der Waals surface area contributed by atoms with Gasteiger partial charge in [0, 0.05) is 20.1 Å². The highest BCUT2D eigenvalue weighted by molar-refractivity contribution is 14.0. The van der Waals surface area contributed by atoms with Crippen molar-refractivity contribution in [2.75, 3.05) is 13.1 Å². The number of hydrogen-bond donors (Lipinski definition) is 2. The maximum absolute atomic E-state index is 4.71. The lowest BCUT2D eigenvalue weighted by Crippen LogP contribution is -2.38. The number of halogens is 1. The standard InChI is InChI=1S/C20H29N5.HI/c1-3-21-20(22-14-13-16-9-5-4-6-10-16)23-15-19-24-17-11-7-8-12-18(17)25(19)2;/h7-9,11-12H,3-6,10,13-15H2,1-2H3,(H2,21,22,23);1H. The van der Waals surface area contributed by atoms with Crippen LogP contribution in [0.15, 0.2) is 40.9 Å². The van der Waals surface area contributed by atoms with Gasteiger partial charge in [-0.3, -0.25) is 0 Å². The lowest BCUT2D eigenvalue weighted by molar-refractivity contribution is 0.665. The molecule has 0 fully saturated rings. The number of aryl methyl sites for hydroxylation is 1. The molecule has 1 aliphatic carbocycles. The summed E-state index contributed by atoms with van der Waals surface area (Å²) in [7, 11) is 2.05. The Balaban J connectivity index is 0.00000243. The van der Waals surface area contributed by atoms with Crippen LogP contribution >= 0.6 is 24.0 Å². The van der Waals surface area contributed by atoms with E-state index in [4.69, 9.17) is 4.99 Å². The van der Waals surface area contributed by atoms with E-state index in [1.165, 1.54) is 25.7 Å². The number of nitrogens with one attached hydrogen (secondary N) is 2. The fourth-order valence-electron chi connectivity index (χ4n) is 3.30. The summed E-state index contributed by atoms with van der Waals surface area (Å²) in [6.07, 6.45) is 8.71. The molecular formula is C20H30IN5. The number of fused-ring (bicyclic) bond motifs is 1. The van der Waals surface area contributed by atoms with E-state index in [1.807, 2.05) is 18.2 Å². The number of aromatic nitrogens is 2. The number of benzene rings is 1. The number of hydrogen-bond acceptors (Lipinski definition) is 2. The van der Waals surface area contributed by atoms with E-state index in [0.29, 0.717) is 6.54 Å². The zero-order chi connectivity index (χ0) is 17.5. The molecule has 2 N–H and O–H groups in total. The molecule has 0 saturated heterocycles. The van der Waals surface area contributed by atoms with Crippen molar-refractivity contribution in [1.29, 1.82) is 0 Å². The molecule has 0 unspecified atom stereocenters. The van der Waals surface area contributed by atoms with E-state index < -0.39 is 0 Å². The van der Waals surface area contributed by atoms with Gasteiger partial charge in [-0.15, -0.1) is 24.0 Å². The maximum atomic E-state index is 4.71. The highest BCUT2D eigenvalue weighted by Crippen LogP contribution is 2.19. The molecule has 26 heavy (non-hydrogen) atoms. The molecule has 1 aromatic heterocycles. The fourth-order valence-corrected chi connectivity index (χ4v) is 3.30. The first-order valence-electron chi connectivity index (χ1n) is 9.38. The number of allylic oxidation sites excluding steroid dienone is 1. The third-order valence-corrected chi connectivity index (χ3v) is 4.73.